The van der Waals surface area contributed by atoms with Gasteiger partial charge in [-0.25, -0.2) is 9.13 Å². The second-order valence-corrected chi connectivity index (χ2v) is 6.92. The van der Waals surface area contributed by atoms with E-state index in [1.54, 1.807) is 0 Å². The van der Waals surface area contributed by atoms with E-state index in [2.05, 4.69) is 11.1 Å². The summed E-state index contributed by atoms with van der Waals surface area (Å²) in [4.78, 5) is 10.1. The molecule has 0 aliphatic rings. The van der Waals surface area contributed by atoms with Crippen LogP contribution in [0.15, 0.2) is 31.4 Å². The third-order valence-corrected chi connectivity index (χ3v) is 4.57. The Morgan fingerprint density at radius 2 is 1.42 bits per heavy atom. The Morgan fingerprint density at radius 3 is 1.65 bits per heavy atom. The molecule has 0 spiro atoms. The van der Waals surface area contributed by atoms with E-state index in [9.17, 15) is 53.4 Å². The maximum Gasteiger partial charge on any atom is 0.459 e. The van der Waals surface area contributed by atoms with Gasteiger partial charge in [-0.3, -0.25) is 0 Å². The Kier molecular flexibility index (Phi) is 7.13. The number of alkyl halides is 10. The van der Waals surface area contributed by atoms with E-state index in [0.717, 1.165) is 6.54 Å². The molecule has 0 bridgehead atoms. The molecular weight excluding hydrogens is 413 g/mol. The van der Waals surface area contributed by atoms with Crippen molar-refractivity contribution < 1.29 is 57.9 Å². The molecule has 1 aromatic heterocycles. The minimum absolute atomic E-state index is 0.890. The lowest BCUT2D eigenvalue weighted by Crippen LogP contribution is -2.50. The van der Waals surface area contributed by atoms with Gasteiger partial charge < -0.3 is 9.46 Å². The van der Waals surface area contributed by atoms with Crippen LogP contribution in [0.5, 0.6) is 0 Å². The van der Waals surface area contributed by atoms with Crippen molar-refractivity contribution in [2.24, 2.45) is 7.05 Å². The standard InChI is InChI=1S/C7H11N2.C4HF10O2P/c1-3-4-9-6-5-8(2)7-9;5-1(6,7)3(11,12)17(15,16)4(13,14)2(8,9)10/h3,5-7H,1,4H2,2H3;(H,15,16)/q+1;/p-1. The summed E-state index contributed by atoms with van der Waals surface area (Å²) in [6.45, 7) is 4.52. The third-order valence-electron chi connectivity index (χ3n) is 2.59. The van der Waals surface area contributed by atoms with Crippen LogP contribution < -0.4 is 9.46 Å². The fourth-order valence-corrected chi connectivity index (χ4v) is 2.29. The smallest absolute Gasteiger partial charge is 0.459 e. The molecule has 4 nitrogen and oxygen atoms in total. The quantitative estimate of drug-likeness (QED) is 0.322. The first-order valence-corrected chi connectivity index (χ1v) is 7.77. The first-order valence-electron chi connectivity index (χ1n) is 6.15. The highest BCUT2D eigenvalue weighted by molar-refractivity contribution is 7.59. The number of hydrogen-bond acceptors (Lipinski definition) is 2. The highest BCUT2D eigenvalue weighted by Gasteiger charge is 2.78. The second-order valence-electron chi connectivity index (χ2n) is 4.69. The van der Waals surface area contributed by atoms with E-state index < -0.39 is 31.0 Å². The highest BCUT2D eigenvalue weighted by atomic mass is 31.2. The molecule has 0 aromatic carbocycles. The third kappa shape index (κ3) is 4.78. The number of hydrogen-bond donors (Lipinski definition) is 0. The Hall–Kier alpha value is -1.56. The molecule has 0 N–H and O–H groups in total. The Morgan fingerprint density at radius 1 is 1.04 bits per heavy atom. The average molecular weight is 424 g/mol. The maximum atomic E-state index is 12.1. The molecular formula is C11H11F10N2O2P. The van der Waals surface area contributed by atoms with Crippen molar-refractivity contribution >= 4 is 7.37 Å². The minimum atomic E-state index is -8.51. The lowest BCUT2D eigenvalue weighted by atomic mass is 10.6. The average Bonchev–Trinajstić information content (AvgIpc) is 2.82. The molecule has 0 radical (unpaired) electrons. The molecule has 15 heteroatoms. The van der Waals surface area contributed by atoms with Gasteiger partial charge in [0.1, 0.15) is 18.9 Å². The van der Waals surface area contributed by atoms with Crippen molar-refractivity contribution in [1.29, 1.82) is 0 Å². The summed E-state index contributed by atoms with van der Waals surface area (Å²) in [6, 6.07) is 0. The first-order chi connectivity index (χ1) is 11.3. The predicted octanol–water partition coefficient (Wildman–Crippen LogP) is 3.43. The molecule has 1 heterocycles. The van der Waals surface area contributed by atoms with Gasteiger partial charge in [0, 0.05) is 0 Å². The molecule has 0 unspecified atom stereocenters. The van der Waals surface area contributed by atoms with Gasteiger partial charge >= 0.3 is 23.7 Å². The van der Waals surface area contributed by atoms with Gasteiger partial charge in [0.05, 0.1) is 7.05 Å². The van der Waals surface area contributed by atoms with Crippen molar-refractivity contribution in [3.8, 4) is 0 Å². The molecule has 0 fully saturated rings. The molecule has 1 rings (SSSR count). The van der Waals surface area contributed by atoms with Crippen LogP contribution >= 0.6 is 7.37 Å². The number of imidazole rings is 1. The first kappa shape index (κ1) is 24.4. The largest absolute Gasteiger partial charge is 0.790 e. The Bertz CT molecular complexity index is 635. The predicted molar refractivity (Wildman–Crippen MR) is 65.4 cm³/mol. The highest BCUT2D eigenvalue weighted by Crippen LogP contribution is 2.72. The topological polar surface area (TPSA) is 48.9 Å². The number of rotatable bonds is 4. The number of aryl methyl sites for hydroxylation is 1. The molecule has 0 aliphatic carbocycles. The summed E-state index contributed by atoms with van der Waals surface area (Å²) in [7, 11) is -6.51. The van der Waals surface area contributed by atoms with E-state index in [1.807, 2.05) is 36.4 Å². The fraction of sp³-hybridized carbons (Fsp3) is 0.545. The number of aromatic nitrogens is 2. The zero-order valence-corrected chi connectivity index (χ0v) is 13.6. The van der Waals surface area contributed by atoms with Crippen LogP contribution in [0.3, 0.4) is 0 Å². The van der Waals surface area contributed by atoms with E-state index in [-0.39, 0.29) is 0 Å². The Balaban J connectivity index is 0.000000577. The molecule has 0 atom stereocenters. The van der Waals surface area contributed by atoms with Crippen molar-refractivity contribution in [2.75, 3.05) is 0 Å². The van der Waals surface area contributed by atoms with Gasteiger partial charge in [0.2, 0.25) is 6.33 Å². The summed E-state index contributed by atoms with van der Waals surface area (Å²) in [6.07, 6.45) is -6.26. The summed E-state index contributed by atoms with van der Waals surface area (Å²) < 4.78 is 131. The Labute approximate surface area is 139 Å². The molecule has 0 saturated carbocycles. The van der Waals surface area contributed by atoms with Gasteiger partial charge in [-0.05, 0) is 0 Å². The zero-order chi connectivity index (χ0) is 21.2. The van der Waals surface area contributed by atoms with Gasteiger partial charge in [-0.15, -0.1) is 0 Å². The number of allylic oxidation sites excluding steroid dienone is 1. The summed E-state index contributed by atoms with van der Waals surface area (Å²) in [5.74, 6) is 0. The fourth-order valence-electron chi connectivity index (χ4n) is 1.27. The van der Waals surface area contributed by atoms with Crippen LogP contribution in [0, 0.1) is 0 Å². The zero-order valence-electron chi connectivity index (χ0n) is 12.7. The van der Waals surface area contributed by atoms with Crippen molar-refractivity contribution in [2.45, 2.75) is 30.2 Å². The summed E-state index contributed by atoms with van der Waals surface area (Å²) in [5.41, 5.74) is -14.4. The van der Waals surface area contributed by atoms with E-state index in [1.165, 1.54) is 0 Å². The molecule has 0 saturated heterocycles. The molecule has 152 valence electrons. The summed E-state index contributed by atoms with van der Waals surface area (Å²) in [5, 5.41) is 0. The van der Waals surface area contributed by atoms with Gasteiger partial charge in [-0.2, -0.15) is 43.9 Å². The number of nitrogens with zero attached hydrogens (tertiary/aromatic N) is 2. The monoisotopic (exact) mass is 424 g/mol. The van der Waals surface area contributed by atoms with Gasteiger partial charge in [-0.1, -0.05) is 12.7 Å². The van der Waals surface area contributed by atoms with E-state index in [4.69, 9.17) is 0 Å². The normalized spacial score (nSPS) is 13.8. The van der Waals surface area contributed by atoms with Crippen LogP contribution in [0.25, 0.3) is 0 Å². The van der Waals surface area contributed by atoms with E-state index in [0.29, 0.717) is 0 Å². The van der Waals surface area contributed by atoms with Crippen LogP contribution in [0.1, 0.15) is 0 Å². The summed E-state index contributed by atoms with van der Waals surface area (Å²) >= 11 is 0. The second kappa shape index (κ2) is 7.59. The number of halogens is 10. The van der Waals surface area contributed by atoms with Crippen LogP contribution in [0.2, 0.25) is 0 Å². The molecule has 26 heavy (non-hydrogen) atoms. The van der Waals surface area contributed by atoms with Crippen molar-refractivity contribution in [1.82, 2.24) is 4.57 Å². The molecule has 1 aromatic rings. The van der Waals surface area contributed by atoms with Crippen LogP contribution in [0.4, 0.5) is 43.9 Å². The van der Waals surface area contributed by atoms with Crippen molar-refractivity contribution in [3.63, 3.8) is 0 Å². The maximum absolute atomic E-state index is 12.1. The molecule has 0 aliphatic heterocycles. The lowest BCUT2D eigenvalue weighted by molar-refractivity contribution is -0.671. The van der Waals surface area contributed by atoms with Gasteiger partial charge in [0.25, 0.3) is 0 Å². The minimum Gasteiger partial charge on any atom is -0.790 e. The SMILES string of the molecule is C=CCn1cc[n+](C)c1.O=P([O-])(C(F)(F)C(F)(F)F)C(F)(F)C(F)(F)F. The van der Waals surface area contributed by atoms with Crippen LogP contribution in [-0.4, -0.2) is 28.2 Å². The van der Waals surface area contributed by atoms with Crippen LogP contribution in [-0.2, 0) is 18.2 Å². The molecule has 0 amide bonds. The lowest BCUT2D eigenvalue weighted by Gasteiger charge is -2.38. The van der Waals surface area contributed by atoms with Crippen molar-refractivity contribution in [3.05, 3.63) is 31.4 Å². The van der Waals surface area contributed by atoms with E-state index >= 15 is 0 Å². The van der Waals surface area contributed by atoms with Gasteiger partial charge in [0.15, 0.2) is 7.37 Å².